The van der Waals surface area contributed by atoms with Gasteiger partial charge in [0.1, 0.15) is 5.75 Å². The van der Waals surface area contributed by atoms with Crippen molar-refractivity contribution in [1.29, 1.82) is 0 Å². The van der Waals surface area contributed by atoms with Crippen molar-refractivity contribution in [3.63, 3.8) is 0 Å². The van der Waals surface area contributed by atoms with E-state index in [1.165, 1.54) is 9.76 Å². The maximum absolute atomic E-state index is 5.56. The van der Waals surface area contributed by atoms with Crippen LogP contribution in [0.3, 0.4) is 0 Å². The third-order valence-electron chi connectivity index (χ3n) is 1.79. The van der Waals surface area contributed by atoms with Gasteiger partial charge in [-0.2, -0.15) is 0 Å². The Morgan fingerprint density at radius 3 is 2.83 bits per heavy atom. The molecule has 0 aliphatic heterocycles. The number of hydrogen-bond acceptors (Lipinski definition) is 1. The Balaban J connectivity index is 2.77. The van der Waals surface area contributed by atoms with Crippen LogP contribution < -0.4 is 9.92 Å². The van der Waals surface area contributed by atoms with Crippen molar-refractivity contribution in [3.05, 3.63) is 24.3 Å². The molecule has 0 unspecified atom stereocenters. The molecule has 0 bridgehead atoms. The van der Waals surface area contributed by atoms with Crippen molar-refractivity contribution in [2.75, 3.05) is 6.61 Å². The Bertz CT molecular complexity index is 214. The van der Waals surface area contributed by atoms with Gasteiger partial charge in [0.25, 0.3) is 0 Å². The molecule has 0 amide bonds. The monoisotopic (exact) mass is 212 g/mol. The van der Waals surface area contributed by atoms with Crippen LogP contribution in [-0.4, -0.2) is 34.0 Å². The predicted molar refractivity (Wildman–Crippen MR) is 64.3 cm³/mol. The highest BCUT2D eigenvalue weighted by atomic mass is 29.5. The summed E-state index contributed by atoms with van der Waals surface area (Å²) in [6.07, 6.45) is 0. The maximum atomic E-state index is 5.56. The third-order valence-corrected chi connectivity index (χ3v) is 11.0. The van der Waals surface area contributed by atoms with E-state index in [2.05, 4.69) is 31.2 Å². The van der Waals surface area contributed by atoms with Crippen molar-refractivity contribution < 1.29 is 4.74 Å². The first-order chi connectivity index (χ1) is 5.88. The summed E-state index contributed by atoms with van der Waals surface area (Å²) in [5.41, 5.74) is 0. The topological polar surface area (TPSA) is 9.23 Å². The van der Waals surface area contributed by atoms with Crippen LogP contribution in [0, 0.1) is 0 Å². The van der Waals surface area contributed by atoms with Gasteiger partial charge in [0.15, 0.2) is 0 Å². The Hall–Kier alpha value is -0.329. The molecule has 1 aromatic carbocycles. The van der Waals surface area contributed by atoms with Gasteiger partial charge in [0.05, 0.1) is 6.61 Å². The van der Waals surface area contributed by atoms with Gasteiger partial charge in [-0.1, -0.05) is 18.2 Å². The largest absolute Gasteiger partial charge is 0.494 e. The van der Waals surface area contributed by atoms with Gasteiger partial charge >= 0.3 is 0 Å². The summed E-state index contributed by atoms with van der Waals surface area (Å²) in [4.78, 5) is 0. The van der Waals surface area contributed by atoms with Gasteiger partial charge < -0.3 is 4.74 Å². The number of benzene rings is 1. The SMILES string of the molecule is CCOc1ccccc1[SiH2][SiH2][SiH3]. The Labute approximate surface area is 81.2 Å². The van der Waals surface area contributed by atoms with Gasteiger partial charge in [-0.25, -0.2) is 0 Å². The van der Waals surface area contributed by atoms with Crippen LogP contribution in [0.15, 0.2) is 24.3 Å². The fourth-order valence-electron chi connectivity index (χ4n) is 1.28. The molecule has 0 atom stereocenters. The summed E-state index contributed by atoms with van der Waals surface area (Å²) in [6.45, 7) is 2.85. The zero-order chi connectivity index (χ0) is 8.81. The molecule has 0 spiro atoms. The molecule has 0 aromatic heterocycles. The second kappa shape index (κ2) is 5.34. The van der Waals surface area contributed by atoms with Crippen molar-refractivity contribution in [2.24, 2.45) is 0 Å². The van der Waals surface area contributed by atoms with Gasteiger partial charge in [-0.3, -0.25) is 0 Å². The molecule has 0 aliphatic rings. The van der Waals surface area contributed by atoms with E-state index >= 15 is 0 Å². The lowest BCUT2D eigenvalue weighted by molar-refractivity contribution is 0.343. The van der Waals surface area contributed by atoms with E-state index in [1.54, 1.807) is 5.19 Å². The summed E-state index contributed by atoms with van der Waals surface area (Å²) >= 11 is 0. The van der Waals surface area contributed by atoms with E-state index in [9.17, 15) is 0 Å². The van der Waals surface area contributed by atoms with Crippen LogP contribution in [0.25, 0.3) is 0 Å². The summed E-state index contributed by atoms with van der Waals surface area (Å²) in [7, 11) is 1.97. The van der Waals surface area contributed by atoms with E-state index in [0.717, 1.165) is 12.4 Å². The maximum Gasteiger partial charge on any atom is 0.117 e. The van der Waals surface area contributed by atoms with Crippen LogP contribution in [0.4, 0.5) is 0 Å². The summed E-state index contributed by atoms with van der Waals surface area (Å²) in [5.74, 6) is 1.16. The van der Waals surface area contributed by atoms with Crippen LogP contribution in [0.2, 0.25) is 0 Å². The number of ether oxygens (including phenoxy) is 1. The molecule has 0 N–H and O–H groups in total. The first-order valence-electron chi connectivity index (χ1n) is 4.59. The fraction of sp³-hybridized carbons (Fsp3) is 0.250. The molecule has 4 heteroatoms. The minimum absolute atomic E-state index is 0.125. The van der Waals surface area contributed by atoms with Crippen molar-refractivity contribution in [3.8, 4) is 5.75 Å². The molecular formula is C8H16OSi3. The summed E-state index contributed by atoms with van der Waals surface area (Å²) < 4.78 is 5.56. The molecule has 0 fully saturated rings. The molecule has 0 radical (unpaired) electrons. The van der Waals surface area contributed by atoms with Gasteiger partial charge in [-0.05, 0) is 36.5 Å². The highest BCUT2D eigenvalue weighted by Gasteiger charge is 1.99. The average molecular weight is 212 g/mol. The molecule has 0 heterocycles. The molecule has 0 saturated carbocycles. The number of para-hydroxylation sites is 1. The first kappa shape index (κ1) is 9.76. The highest BCUT2D eigenvalue weighted by molar-refractivity contribution is 7.27. The lowest BCUT2D eigenvalue weighted by Gasteiger charge is -2.07. The van der Waals surface area contributed by atoms with Crippen LogP contribution in [-0.2, 0) is 0 Å². The number of hydrogen-bond donors (Lipinski definition) is 0. The van der Waals surface area contributed by atoms with Gasteiger partial charge in [0, 0.05) is 9.04 Å². The van der Waals surface area contributed by atoms with Crippen LogP contribution >= 0.6 is 0 Å². The van der Waals surface area contributed by atoms with Crippen LogP contribution in [0.5, 0.6) is 5.75 Å². The van der Waals surface area contributed by atoms with Gasteiger partial charge in [0.2, 0.25) is 0 Å². The Morgan fingerprint density at radius 1 is 1.42 bits per heavy atom. The minimum atomic E-state index is 0.125. The van der Waals surface area contributed by atoms with Gasteiger partial charge in [-0.15, -0.1) is 0 Å². The molecule has 1 rings (SSSR count). The van der Waals surface area contributed by atoms with Crippen molar-refractivity contribution >= 4 is 32.5 Å². The second-order valence-electron chi connectivity index (χ2n) is 2.79. The van der Waals surface area contributed by atoms with E-state index < -0.39 is 0 Å². The smallest absolute Gasteiger partial charge is 0.117 e. The van der Waals surface area contributed by atoms with E-state index in [-0.39, 0.29) is 9.04 Å². The molecule has 66 valence electrons. The zero-order valence-corrected chi connectivity index (χ0v) is 12.7. The molecule has 1 nitrogen and oxygen atoms in total. The molecule has 1 aromatic rings. The predicted octanol–water partition coefficient (Wildman–Crippen LogP) is -1.76. The summed E-state index contributed by atoms with van der Waals surface area (Å²) in [6, 6.07) is 8.56. The minimum Gasteiger partial charge on any atom is -0.494 e. The van der Waals surface area contributed by atoms with Crippen molar-refractivity contribution in [2.45, 2.75) is 6.92 Å². The Kier molecular flexibility index (Phi) is 4.34. The molecular weight excluding hydrogens is 196 g/mol. The van der Waals surface area contributed by atoms with Crippen molar-refractivity contribution in [1.82, 2.24) is 0 Å². The highest BCUT2D eigenvalue weighted by Crippen LogP contribution is 2.04. The zero-order valence-electron chi connectivity index (χ0n) is 7.84. The second-order valence-corrected chi connectivity index (χ2v) is 18.6. The standard InChI is InChI=1S/C8H16OSi3/c1-2-9-7-5-3-4-6-8(7)11-12-10/h3-6H,2,11-12H2,1,10H3. The summed E-state index contributed by atoms with van der Waals surface area (Å²) in [5, 5.41) is 1.56. The first-order valence-corrected chi connectivity index (χ1v) is 15.0. The lowest BCUT2D eigenvalue weighted by atomic mass is 10.3. The third kappa shape index (κ3) is 2.62. The van der Waals surface area contributed by atoms with E-state index in [0.29, 0.717) is 8.55 Å². The number of rotatable bonds is 4. The van der Waals surface area contributed by atoms with Crippen LogP contribution in [0.1, 0.15) is 6.92 Å². The van der Waals surface area contributed by atoms with E-state index in [4.69, 9.17) is 4.74 Å². The average Bonchev–Trinajstić information content (AvgIpc) is 2.09. The normalized spacial score (nSPS) is 12.1. The fourth-order valence-corrected chi connectivity index (χ4v) is 10.3. The quantitative estimate of drug-likeness (QED) is 0.538. The molecule has 0 saturated heterocycles. The lowest BCUT2D eigenvalue weighted by Crippen LogP contribution is -2.23. The van der Waals surface area contributed by atoms with E-state index in [1.807, 2.05) is 0 Å². The molecule has 0 aliphatic carbocycles. The molecule has 12 heavy (non-hydrogen) atoms. The Morgan fingerprint density at radius 2 is 2.17 bits per heavy atom.